The van der Waals surface area contributed by atoms with Crippen LogP contribution in [0.15, 0.2) is 24.4 Å². The van der Waals surface area contributed by atoms with Crippen LogP contribution in [0.25, 0.3) is 11.0 Å². The molecular formula is C22H26N6O. The molecule has 5 rings (SSSR count). The van der Waals surface area contributed by atoms with Crippen molar-refractivity contribution in [1.29, 1.82) is 0 Å². The number of nitrogens with one attached hydrogen (secondary N) is 1. The van der Waals surface area contributed by atoms with Gasteiger partial charge in [-0.3, -0.25) is 9.48 Å². The second kappa shape index (κ2) is 7.13. The van der Waals surface area contributed by atoms with Crippen LogP contribution in [-0.2, 0) is 13.6 Å². The molecule has 4 heterocycles. The molecule has 1 amide bonds. The quantitative estimate of drug-likeness (QED) is 0.725. The van der Waals surface area contributed by atoms with Crippen molar-refractivity contribution in [2.45, 2.75) is 45.1 Å². The fourth-order valence-electron chi connectivity index (χ4n) is 4.28. The molecule has 0 bridgehead atoms. The molecule has 7 nitrogen and oxygen atoms in total. The summed E-state index contributed by atoms with van der Waals surface area (Å²) in [5, 5.41) is 8.47. The maximum atomic E-state index is 13.2. The molecule has 1 saturated carbocycles. The second-order valence-corrected chi connectivity index (χ2v) is 8.14. The second-order valence-electron chi connectivity index (χ2n) is 8.14. The normalized spacial score (nSPS) is 16.6. The van der Waals surface area contributed by atoms with Gasteiger partial charge in [-0.15, -0.1) is 0 Å². The van der Waals surface area contributed by atoms with Gasteiger partial charge in [0.1, 0.15) is 5.82 Å². The van der Waals surface area contributed by atoms with Crippen LogP contribution < -0.4 is 10.2 Å². The van der Waals surface area contributed by atoms with E-state index < -0.39 is 0 Å². The number of fused-ring (bicyclic) bond motifs is 1. The van der Waals surface area contributed by atoms with E-state index in [0.717, 1.165) is 59.7 Å². The predicted molar refractivity (Wildman–Crippen MR) is 112 cm³/mol. The van der Waals surface area contributed by atoms with E-state index >= 15 is 0 Å². The van der Waals surface area contributed by atoms with Crippen LogP contribution in [0, 0.1) is 6.92 Å². The lowest BCUT2D eigenvalue weighted by Crippen LogP contribution is -2.26. The number of carbonyl (C=O) groups is 1. The van der Waals surface area contributed by atoms with E-state index in [4.69, 9.17) is 4.98 Å². The Hall–Kier alpha value is -2.96. The summed E-state index contributed by atoms with van der Waals surface area (Å²) in [6.07, 6.45) is 6.51. The van der Waals surface area contributed by atoms with Crippen molar-refractivity contribution in [3.05, 3.63) is 46.9 Å². The first kappa shape index (κ1) is 18.1. The molecule has 0 unspecified atom stereocenters. The third kappa shape index (κ3) is 3.34. The van der Waals surface area contributed by atoms with Gasteiger partial charge in [-0.1, -0.05) is 6.07 Å². The SMILES string of the molecule is Cc1nn(C)c2nc(C3CC3)cc(C(=O)NCc3cccnc3N3CCCC3)c12. The summed E-state index contributed by atoms with van der Waals surface area (Å²) in [5.41, 5.74) is 4.36. The average molecular weight is 390 g/mol. The highest BCUT2D eigenvalue weighted by Crippen LogP contribution is 2.40. The van der Waals surface area contributed by atoms with Gasteiger partial charge in [0.25, 0.3) is 5.91 Å². The molecule has 0 atom stereocenters. The largest absolute Gasteiger partial charge is 0.356 e. The number of aryl methyl sites for hydroxylation is 2. The van der Waals surface area contributed by atoms with Gasteiger partial charge in [0.15, 0.2) is 5.65 Å². The number of amides is 1. The number of anilines is 1. The van der Waals surface area contributed by atoms with Crippen LogP contribution in [-0.4, -0.2) is 38.7 Å². The molecule has 0 radical (unpaired) electrons. The first-order valence-corrected chi connectivity index (χ1v) is 10.4. The Morgan fingerprint density at radius 3 is 2.83 bits per heavy atom. The number of pyridine rings is 2. The third-order valence-electron chi connectivity index (χ3n) is 5.94. The molecule has 0 spiro atoms. The van der Waals surface area contributed by atoms with Crippen molar-refractivity contribution < 1.29 is 4.79 Å². The van der Waals surface area contributed by atoms with Crippen molar-refractivity contribution in [3.8, 4) is 0 Å². The highest BCUT2D eigenvalue weighted by molar-refractivity contribution is 6.06. The van der Waals surface area contributed by atoms with E-state index in [9.17, 15) is 4.79 Å². The van der Waals surface area contributed by atoms with E-state index in [1.807, 2.05) is 38.4 Å². The maximum Gasteiger partial charge on any atom is 0.252 e. The fraction of sp³-hybridized carbons (Fsp3) is 0.455. The van der Waals surface area contributed by atoms with E-state index in [1.54, 1.807) is 4.68 Å². The van der Waals surface area contributed by atoms with Crippen molar-refractivity contribution in [2.24, 2.45) is 7.05 Å². The van der Waals surface area contributed by atoms with E-state index in [2.05, 4.69) is 20.3 Å². The Labute approximate surface area is 170 Å². The predicted octanol–water partition coefficient (Wildman–Crippen LogP) is 3.08. The van der Waals surface area contributed by atoms with E-state index in [-0.39, 0.29) is 5.91 Å². The lowest BCUT2D eigenvalue weighted by molar-refractivity contribution is 0.0952. The molecular weight excluding hydrogens is 364 g/mol. The van der Waals surface area contributed by atoms with Crippen LogP contribution in [0.4, 0.5) is 5.82 Å². The van der Waals surface area contributed by atoms with Gasteiger partial charge in [-0.25, -0.2) is 9.97 Å². The Balaban J connectivity index is 1.44. The first-order chi connectivity index (χ1) is 14.1. The highest BCUT2D eigenvalue weighted by Gasteiger charge is 2.28. The molecule has 1 aliphatic heterocycles. The molecule has 0 aromatic carbocycles. The van der Waals surface area contributed by atoms with Crippen LogP contribution >= 0.6 is 0 Å². The Morgan fingerprint density at radius 1 is 1.28 bits per heavy atom. The zero-order chi connectivity index (χ0) is 20.0. The summed E-state index contributed by atoms with van der Waals surface area (Å²) < 4.78 is 1.78. The maximum absolute atomic E-state index is 13.2. The van der Waals surface area contributed by atoms with Gasteiger partial charge < -0.3 is 10.2 Å². The van der Waals surface area contributed by atoms with Crippen LogP contribution in [0.1, 0.15) is 58.9 Å². The third-order valence-corrected chi connectivity index (χ3v) is 5.94. The van der Waals surface area contributed by atoms with Crippen molar-refractivity contribution >= 4 is 22.8 Å². The molecule has 29 heavy (non-hydrogen) atoms. The molecule has 1 aliphatic carbocycles. The Kier molecular flexibility index (Phi) is 4.45. The zero-order valence-electron chi connectivity index (χ0n) is 17.0. The number of rotatable bonds is 5. The summed E-state index contributed by atoms with van der Waals surface area (Å²) in [6, 6.07) is 5.95. The van der Waals surface area contributed by atoms with Crippen molar-refractivity contribution in [1.82, 2.24) is 25.1 Å². The molecule has 1 N–H and O–H groups in total. The number of carbonyl (C=O) groups excluding carboxylic acids is 1. The summed E-state index contributed by atoms with van der Waals surface area (Å²) in [6.45, 7) is 4.45. The summed E-state index contributed by atoms with van der Waals surface area (Å²) >= 11 is 0. The number of aromatic nitrogens is 4. The molecule has 2 fully saturated rings. The monoisotopic (exact) mass is 390 g/mol. The average Bonchev–Trinajstić information content (AvgIpc) is 3.36. The van der Waals surface area contributed by atoms with Crippen molar-refractivity contribution in [2.75, 3.05) is 18.0 Å². The van der Waals surface area contributed by atoms with Gasteiger partial charge in [0.05, 0.1) is 16.6 Å². The number of hydrogen-bond acceptors (Lipinski definition) is 5. The molecule has 150 valence electrons. The number of hydrogen-bond donors (Lipinski definition) is 1. The van der Waals surface area contributed by atoms with Gasteiger partial charge in [-0.2, -0.15) is 5.10 Å². The summed E-state index contributed by atoms with van der Waals surface area (Å²) in [5.74, 6) is 1.38. The fourth-order valence-corrected chi connectivity index (χ4v) is 4.28. The number of nitrogens with zero attached hydrogens (tertiary/aromatic N) is 5. The minimum Gasteiger partial charge on any atom is -0.356 e. The standard InChI is InChI=1S/C22H26N6O/c1-14-19-17(12-18(15-7-8-15)25-21(19)27(2)26-14)22(29)24-13-16-6-5-9-23-20(16)28-10-3-4-11-28/h5-6,9,12,15H,3-4,7-8,10-11,13H2,1-2H3,(H,24,29). The van der Waals surface area contributed by atoms with Gasteiger partial charge >= 0.3 is 0 Å². The molecule has 3 aromatic rings. The minimum absolute atomic E-state index is 0.0772. The van der Waals surface area contributed by atoms with Gasteiger partial charge in [-0.05, 0) is 44.7 Å². The van der Waals surface area contributed by atoms with E-state index in [0.29, 0.717) is 18.0 Å². The van der Waals surface area contributed by atoms with Crippen LogP contribution in [0.2, 0.25) is 0 Å². The molecule has 3 aromatic heterocycles. The minimum atomic E-state index is -0.0772. The first-order valence-electron chi connectivity index (χ1n) is 10.4. The van der Waals surface area contributed by atoms with Crippen LogP contribution in [0.5, 0.6) is 0 Å². The van der Waals surface area contributed by atoms with E-state index in [1.165, 1.54) is 12.8 Å². The Bertz CT molecular complexity index is 1080. The molecule has 2 aliphatic rings. The molecule has 1 saturated heterocycles. The Morgan fingerprint density at radius 2 is 2.07 bits per heavy atom. The smallest absolute Gasteiger partial charge is 0.252 e. The zero-order valence-corrected chi connectivity index (χ0v) is 17.0. The molecule has 7 heteroatoms. The topological polar surface area (TPSA) is 75.9 Å². The van der Waals surface area contributed by atoms with Crippen LogP contribution in [0.3, 0.4) is 0 Å². The summed E-state index contributed by atoms with van der Waals surface area (Å²) in [4.78, 5) is 24.9. The lowest BCUT2D eigenvalue weighted by Gasteiger charge is -2.20. The van der Waals surface area contributed by atoms with Gasteiger partial charge in [0.2, 0.25) is 0 Å². The van der Waals surface area contributed by atoms with Crippen molar-refractivity contribution in [3.63, 3.8) is 0 Å². The summed E-state index contributed by atoms with van der Waals surface area (Å²) in [7, 11) is 1.89. The lowest BCUT2D eigenvalue weighted by atomic mass is 10.1. The highest BCUT2D eigenvalue weighted by atomic mass is 16.1. The van der Waals surface area contributed by atoms with Gasteiger partial charge in [0, 0.05) is 50.1 Å².